The number of carbonyl (C=O) groups is 2. The molecule has 0 saturated carbocycles. The molecule has 0 aromatic heterocycles. The van der Waals surface area contributed by atoms with Crippen LogP contribution in [0.1, 0.15) is 15.9 Å². The highest BCUT2D eigenvalue weighted by atomic mass is 32.2. The van der Waals surface area contributed by atoms with E-state index in [1.165, 1.54) is 37.3 Å². The van der Waals surface area contributed by atoms with E-state index in [1.807, 2.05) is 0 Å². The van der Waals surface area contributed by atoms with Gasteiger partial charge < -0.3 is 19.7 Å². The van der Waals surface area contributed by atoms with Crippen LogP contribution in [-0.4, -0.2) is 53.4 Å². The van der Waals surface area contributed by atoms with Crippen molar-refractivity contribution in [2.45, 2.75) is 0 Å². The molecule has 2 aromatic carbocycles. The number of ether oxygens (including phenoxy) is 2. The minimum Gasteiger partial charge on any atom is -0.507 e. The second-order valence-corrected chi connectivity index (χ2v) is 6.97. The standard InChI is InChI=1S/C20H18N2O6S/c1-22-18(24)16(9-11-5-4-6-15(27-2)17(11)28-3)29-20(22)21-12-7-8-13(19(25)26)14(23)10-12/h4-10,23H,1-3H3,(H,25,26)/b16-9-,21-20?. The van der Waals surface area contributed by atoms with Crippen LogP contribution >= 0.6 is 11.8 Å². The van der Waals surface area contributed by atoms with Crippen LogP contribution in [0, 0.1) is 0 Å². The van der Waals surface area contributed by atoms with Crippen LogP contribution < -0.4 is 9.47 Å². The van der Waals surface area contributed by atoms with E-state index in [1.54, 1.807) is 31.3 Å². The van der Waals surface area contributed by atoms with Gasteiger partial charge in [0.1, 0.15) is 11.3 Å². The summed E-state index contributed by atoms with van der Waals surface area (Å²) in [6.07, 6.45) is 1.69. The van der Waals surface area contributed by atoms with Gasteiger partial charge in [0.15, 0.2) is 16.7 Å². The lowest BCUT2D eigenvalue weighted by atomic mass is 10.1. The molecule has 1 saturated heterocycles. The Labute approximate surface area is 171 Å². The summed E-state index contributed by atoms with van der Waals surface area (Å²) in [6.45, 7) is 0. The number of carboxylic acid groups (broad SMARTS) is 1. The molecule has 9 heteroatoms. The van der Waals surface area contributed by atoms with E-state index >= 15 is 0 Å². The van der Waals surface area contributed by atoms with Crippen LogP contribution in [0.25, 0.3) is 6.08 Å². The predicted molar refractivity (Wildman–Crippen MR) is 110 cm³/mol. The average Bonchev–Trinajstić information content (AvgIpc) is 2.95. The number of carboxylic acids is 1. The number of hydrogen-bond acceptors (Lipinski definition) is 7. The average molecular weight is 414 g/mol. The SMILES string of the molecule is COc1cccc(/C=C2\SC(=Nc3ccc(C(=O)O)c(O)c3)N(C)C2=O)c1OC. The Kier molecular flexibility index (Phi) is 5.79. The Balaban J connectivity index is 1.94. The summed E-state index contributed by atoms with van der Waals surface area (Å²) in [5.41, 5.74) is 0.791. The quantitative estimate of drug-likeness (QED) is 0.722. The van der Waals surface area contributed by atoms with E-state index in [-0.39, 0.29) is 11.5 Å². The zero-order chi connectivity index (χ0) is 21.1. The molecular formula is C20H18N2O6S. The van der Waals surface area contributed by atoms with Gasteiger partial charge in [0.05, 0.1) is 24.8 Å². The number of aromatic hydroxyl groups is 1. The maximum absolute atomic E-state index is 12.6. The molecule has 3 rings (SSSR count). The summed E-state index contributed by atoms with van der Waals surface area (Å²) in [4.78, 5) is 29.8. The monoisotopic (exact) mass is 414 g/mol. The zero-order valence-electron chi connectivity index (χ0n) is 15.9. The fraction of sp³-hybridized carbons (Fsp3) is 0.150. The number of hydrogen-bond donors (Lipinski definition) is 2. The molecule has 150 valence electrons. The van der Waals surface area contributed by atoms with Crippen LogP contribution in [0.4, 0.5) is 5.69 Å². The maximum Gasteiger partial charge on any atom is 0.339 e. The first-order chi connectivity index (χ1) is 13.8. The zero-order valence-corrected chi connectivity index (χ0v) is 16.7. The number of para-hydroxylation sites is 1. The minimum absolute atomic E-state index is 0.219. The number of rotatable bonds is 5. The Hall–Kier alpha value is -3.46. The van der Waals surface area contributed by atoms with E-state index in [9.17, 15) is 14.7 Å². The number of aliphatic imine (C=N–C) groups is 1. The lowest BCUT2D eigenvalue weighted by molar-refractivity contribution is -0.121. The fourth-order valence-electron chi connectivity index (χ4n) is 2.70. The van der Waals surface area contributed by atoms with Gasteiger partial charge in [-0.1, -0.05) is 12.1 Å². The molecule has 0 aliphatic carbocycles. The van der Waals surface area contributed by atoms with Gasteiger partial charge in [0, 0.05) is 18.7 Å². The maximum atomic E-state index is 12.6. The third-order valence-electron chi connectivity index (χ3n) is 4.16. The van der Waals surface area contributed by atoms with E-state index in [0.29, 0.717) is 32.8 Å². The van der Waals surface area contributed by atoms with Crippen LogP contribution in [-0.2, 0) is 4.79 Å². The molecule has 2 aromatic rings. The summed E-state index contributed by atoms with van der Waals surface area (Å²) in [5, 5.41) is 19.2. The number of phenols is 1. The van der Waals surface area contributed by atoms with Gasteiger partial charge in [-0.15, -0.1) is 0 Å². The first-order valence-electron chi connectivity index (χ1n) is 8.39. The largest absolute Gasteiger partial charge is 0.507 e. The number of carbonyl (C=O) groups excluding carboxylic acids is 1. The molecule has 0 radical (unpaired) electrons. The van der Waals surface area contributed by atoms with Crippen molar-refractivity contribution in [2.24, 2.45) is 4.99 Å². The van der Waals surface area contributed by atoms with Gasteiger partial charge in [0.25, 0.3) is 5.91 Å². The molecule has 1 fully saturated rings. The Morgan fingerprint density at radius 3 is 2.59 bits per heavy atom. The molecular weight excluding hydrogens is 396 g/mol. The van der Waals surface area contributed by atoms with Crippen LogP contribution in [0.15, 0.2) is 46.3 Å². The third-order valence-corrected chi connectivity index (χ3v) is 5.22. The summed E-state index contributed by atoms with van der Waals surface area (Å²) < 4.78 is 10.7. The van der Waals surface area contributed by atoms with Gasteiger partial charge in [-0.05, 0) is 36.0 Å². The van der Waals surface area contributed by atoms with E-state index in [0.717, 1.165) is 11.8 Å². The van der Waals surface area contributed by atoms with Crippen LogP contribution in [0.3, 0.4) is 0 Å². The molecule has 2 N–H and O–H groups in total. The predicted octanol–water partition coefficient (Wildman–Crippen LogP) is 3.34. The molecule has 0 spiro atoms. The number of amides is 1. The van der Waals surface area contributed by atoms with Crippen molar-refractivity contribution in [3.05, 3.63) is 52.4 Å². The number of amidine groups is 1. The van der Waals surface area contributed by atoms with Crippen LogP contribution in [0.5, 0.6) is 17.2 Å². The van der Waals surface area contributed by atoms with Crippen molar-refractivity contribution in [1.82, 2.24) is 4.90 Å². The van der Waals surface area contributed by atoms with Crippen molar-refractivity contribution < 1.29 is 29.3 Å². The normalized spacial score (nSPS) is 16.5. The first-order valence-corrected chi connectivity index (χ1v) is 9.21. The molecule has 0 unspecified atom stereocenters. The van der Waals surface area contributed by atoms with Gasteiger partial charge in [-0.25, -0.2) is 9.79 Å². The Morgan fingerprint density at radius 1 is 1.21 bits per heavy atom. The Bertz CT molecular complexity index is 1050. The van der Waals surface area contributed by atoms with E-state index in [4.69, 9.17) is 14.6 Å². The van der Waals surface area contributed by atoms with E-state index in [2.05, 4.69) is 4.99 Å². The van der Waals surface area contributed by atoms with Crippen molar-refractivity contribution >= 4 is 40.6 Å². The van der Waals surface area contributed by atoms with Gasteiger partial charge in [-0.3, -0.25) is 9.69 Å². The van der Waals surface area contributed by atoms with Gasteiger partial charge >= 0.3 is 5.97 Å². The lowest BCUT2D eigenvalue weighted by Gasteiger charge is -2.10. The minimum atomic E-state index is -1.23. The highest BCUT2D eigenvalue weighted by molar-refractivity contribution is 8.18. The smallest absolute Gasteiger partial charge is 0.339 e. The highest BCUT2D eigenvalue weighted by Gasteiger charge is 2.31. The van der Waals surface area contributed by atoms with Crippen molar-refractivity contribution in [1.29, 1.82) is 0 Å². The molecule has 0 atom stereocenters. The van der Waals surface area contributed by atoms with Gasteiger partial charge in [0.2, 0.25) is 0 Å². The number of aromatic carboxylic acids is 1. The molecule has 1 amide bonds. The molecule has 1 aliphatic rings. The molecule has 8 nitrogen and oxygen atoms in total. The number of benzene rings is 2. The second-order valence-electron chi connectivity index (χ2n) is 5.96. The van der Waals surface area contributed by atoms with Crippen LogP contribution in [0.2, 0.25) is 0 Å². The number of likely N-dealkylation sites (N-methyl/N-ethyl adjacent to an activating group) is 1. The summed E-state index contributed by atoms with van der Waals surface area (Å²) in [7, 11) is 4.65. The molecule has 29 heavy (non-hydrogen) atoms. The summed E-state index contributed by atoms with van der Waals surface area (Å²) >= 11 is 1.16. The van der Waals surface area contributed by atoms with Gasteiger partial charge in [-0.2, -0.15) is 0 Å². The number of methoxy groups -OCH3 is 2. The van der Waals surface area contributed by atoms with Crippen molar-refractivity contribution in [3.63, 3.8) is 0 Å². The topological polar surface area (TPSA) is 109 Å². The van der Waals surface area contributed by atoms with E-state index < -0.39 is 11.7 Å². The second kappa shape index (κ2) is 8.27. The Morgan fingerprint density at radius 2 is 1.97 bits per heavy atom. The molecule has 1 heterocycles. The van der Waals surface area contributed by atoms with Crippen molar-refractivity contribution in [3.8, 4) is 17.2 Å². The first kappa shape index (κ1) is 20.3. The lowest BCUT2D eigenvalue weighted by Crippen LogP contribution is -2.23. The summed E-state index contributed by atoms with van der Waals surface area (Å²) in [5.74, 6) is -0.813. The number of thioether (sulfide) groups is 1. The highest BCUT2D eigenvalue weighted by Crippen LogP contribution is 2.37. The third kappa shape index (κ3) is 4.04. The van der Waals surface area contributed by atoms with Crippen molar-refractivity contribution in [2.75, 3.05) is 21.3 Å². The molecule has 0 bridgehead atoms. The molecule has 1 aliphatic heterocycles. The number of nitrogens with zero attached hydrogens (tertiary/aromatic N) is 2. The fourth-order valence-corrected chi connectivity index (χ4v) is 3.68. The summed E-state index contributed by atoms with van der Waals surface area (Å²) in [6, 6.07) is 9.32.